The summed E-state index contributed by atoms with van der Waals surface area (Å²) in [4.78, 5) is 0. The van der Waals surface area contributed by atoms with Crippen molar-refractivity contribution in [3.8, 4) is 5.75 Å². The summed E-state index contributed by atoms with van der Waals surface area (Å²) in [5, 5.41) is 0.663. The summed E-state index contributed by atoms with van der Waals surface area (Å²) in [5.74, 6) is 1.65. The monoisotopic (exact) mass is 239 g/mol. The topological polar surface area (TPSA) is 35.2 Å². The van der Waals surface area contributed by atoms with E-state index in [-0.39, 0.29) is 0 Å². The molecular formula is C13H18ClNO. The first-order valence-corrected chi connectivity index (χ1v) is 6.28. The lowest BCUT2D eigenvalue weighted by Crippen LogP contribution is -2.14. The van der Waals surface area contributed by atoms with Crippen molar-refractivity contribution >= 4 is 11.6 Å². The number of hydrogen-bond acceptors (Lipinski definition) is 2. The lowest BCUT2D eigenvalue weighted by atomic mass is 9.83. The molecule has 0 spiro atoms. The fraction of sp³-hybridized carbons (Fsp3) is 0.538. The van der Waals surface area contributed by atoms with Gasteiger partial charge in [-0.2, -0.15) is 0 Å². The average Bonchev–Trinajstić information content (AvgIpc) is 2.23. The van der Waals surface area contributed by atoms with Crippen molar-refractivity contribution in [1.29, 1.82) is 0 Å². The Bertz CT molecular complexity index is 350. The van der Waals surface area contributed by atoms with Crippen LogP contribution in [-0.2, 0) is 6.54 Å². The first-order valence-electron chi connectivity index (χ1n) is 5.91. The van der Waals surface area contributed by atoms with Crippen LogP contribution >= 0.6 is 11.6 Å². The Morgan fingerprint density at radius 2 is 2.19 bits per heavy atom. The van der Waals surface area contributed by atoms with Gasteiger partial charge in [-0.25, -0.2) is 0 Å². The van der Waals surface area contributed by atoms with Crippen molar-refractivity contribution in [2.75, 3.05) is 6.61 Å². The molecule has 3 heteroatoms. The van der Waals surface area contributed by atoms with Gasteiger partial charge in [0.05, 0.1) is 11.6 Å². The molecule has 1 aliphatic carbocycles. The molecule has 0 unspecified atom stereocenters. The molecule has 2 N–H and O–H groups in total. The Morgan fingerprint density at radius 3 is 2.75 bits per heavy atom. The second-order valence-electron chi connectivity index (χ2n) is 4.40. The van der Waals surface area contributed by atoms with Crippen LogP contribution in [-0.4, -0.2) is 6.61 Å². The fourth-order valence-electron chi connectivity index (χ4n) is 1.91. The van der Waals surface area contributed by atoms with Crippen LogP contribution in [0.25, 0.3) is 0 Å². The predicted molar refractivity (Wildman–Crippen MR) is 66.8 cm³/mol. The van der Waals surface area contributed by atoms with Crippen molar-refractivity contribution in [3.63, 3.8) is 0 Å². The van der Waals surface area contributed by atoms with E-state index in [2.05, 4.69) is 0 Å². The largest absolute Gasteiger partial charge is 0.492 e. The van der Waals surface area contributed by atoms with Crippen LogP contribution in [0.15, 0.2) is 18.2 Å². The highest BCUT2D eigenvalue weighted by atomic mass is 35.5. The fourth-order valence-corrected chi connectivity index (χ4v) is 2.16. The molecule has 0 amide bonds. The van der Waals surface area contributed by atoms with Crippen LogP contribution in [0.1, 0.15) is 31.2 Å². The van der Waals surface area contributed by atoms with Crippen molar-refractivity contribution in [2.45, 2.75) is 32.2 Å². The van der Waals surface area contributed by atoms with E-state index in [0.29, 0.717) is 11.6 Å². The molecule has 2 rings (SSSR count). The molecule has 16 heavy (non-hydrogen) atoms. The average molecular weight is 240 g/mol. The van der Waals surface area contributed by atoms with Crippen LogP contribution < -0.4 is 10.5 Å². The second kappa shape index (κ2) is 5.55. The molecule has 1 aromatic rings. The van der Waals surface area contributed by atoms with Gasteiger partial charge < -0.3 is 10.5 Å². The lowest BCUT2D eigenvalue weighted by molar-refractivity contribution is 0.222. The second-order valence-corrected chi connectivity index (χ2v) is 4.81. The molecule has 0 bridgehead atoms. The number of ether oxygens (including phenoxy) is 1. The number of rotatable bonds is 5. The SMILES string of the molecule is NCc1ccc(OCCC2CCC2)c(Cl)c1. The summed E-state index contributed by atoms with van der Waals surface area (Å²) < 4.78 is 5.67. The zero-order chi connectivity index (χ0) is 11.4. The zero-order valence-corrected chi connectivity index (χ0v) is 10.2. The van der Waals surface area contributed by atoms with Crippen molar-refractivity contribution < 1.29 is 4.74 Å². The molecule has 1 aromatic carbocycles. The highest BCUT2D eigenvalue weighted by Crippen LogP contribution is 2.30. The molecule has 0 saturated heterocycles. The smallest absolute Gasteiger partial charge is 0.137 e. The van der Waals surface area contributed by atoms with Crippen LogP contribution in [0.3, 0.4) is 0 Å². The predicted octanol–water partition coefficient (Wildman–Crippen LogP) is 3.37. The summed E-state index contributed by atoms with van der Waals surface area (Å²) in [7, 11) is 0. The standard InChI is InChI=1S/C13H18ClNO/c14-12-8-11(9-15)4-5-13(12)16-7-6-10-2-1-3-10/h4-5,8,10H,1-3,6-7,9,15H2. The molecule has 0 aromatic heterocycles. The first kappa shape index (κ1) is 11.7. The van der Waals surface area contributed by atoms with Crippen LogP contribution in [0.2, 0.25) is 5.02 Å². The maximum atomic E-state index is 6.09. The molecule has 1 saturated carbocycles. The number of halogens is 1. The van der Waals surface area contributed by atoms with Gasteiger partial charge in [0, 0.05) is 6.54 Å². The number of hydrogen-bond donors (Lipinski definition) is 1. The van der Waals surface area contributed by atoms with E-state index in [0.717, 1.165) is 30.3 Å². The van der Waals surface area contributed by atoms with Crippen molar-refractivity contribution in [2.24, 2.45) is 11.7 Å². The van der Waals surface area contributed by atoms with Gasteiger partial charge in [0.1, 0.15) is 5.75 Å². The molecular weight excluding hydrogens is 222 g/mol. The summed E-state index contributed by atoms with van der Waals surface area (Å²) >= 11 is 6.09. The zero-order valence-electron chi connectivity index (χ0n) is 9.42. The number of nitrogens with two attached hydrogens (primary N) is 1. The van der Waals surface area contributed by atoms with Gasteiger partial charge in [-0.3, -0.25) is 0 Å². The van der Waals surface area contributed by atoms with E-state index in [1.807, 2.05) is 18.2 Å². The van der Waals surface area contributed by atoms with Gasteiger partial charge in [0.2, 0.25) is 0 Å². The van der Waals surface area contributed by atoms with Gasteiger partial charge in [-0.1, -0.05) is 36.9 Å². The molecule has 2 nitrogen and oxygen atoms in total. The van der Waals surface area contributed by atoms with Crippen molar-refractivity contribution in [3.05, 3.63) is 28.8 Å². The Kier molecular flexibility index (Phi) is 4.08. The Morgan fingerprint density at radius 1 is 1.38 bits per heavy atom. The molecule has 1 aliphatic rings. The maximum Gasteiger partial charge on any atom is 0.137 e. The van der Waals surface area contributed by atoms with E-state index in [4.69, 9.17) is 22.1 Å². The van der Waals surface area contributed by atoms with Crippen LogP contribution in [0, 0.1) is 5.92 Å². The number of benzene rings is 1. The molecule has 88 valence electrons. The van der Waals surface area contributed by atoms with Crippen LogP contribution in [0.5, 0.6) is 5.75 Å². The normalized spacial score (nSPS) is 15.9. The summed E-state index contributed by atoms with van der Waals surface area (Å²) in [6.45, 7) is 1.29. The maximum absolute atomic E-state index is 6.09. The van der Waals surface area contributed by atoms with E-state index >= 15 is 0 Å². The first-order chi connectivity index (χ1) is 7.79. The Balaban J connectivity index is 1.83. The minimum Gasteiger partial charge on any atom is -0.492 e. The van der Waals surface area contributed by atoms with Gasteiger partial charge in [0.25, 0.3) is 0 Å². The summed E-state index contributed by atoms with van der Waals surface area (Å²) in [5.41, 5.74) is 6.57. The summed E-state index contributed by atoms with van der Waals surface area (Å²) in [6, 6.07) is 5.75. The third-order valence-electron chi connectivity index (χ3n) is 3.24. The molecule has 0 heterocycles. The van der Waals surface area contributed by atoms with Gasteiger partial charge in [-0.05, 0) is 30.0 Å². The van der Waals surface area contributed by atoms with E-state index < -0.39 is 0 Å². The van der Waals surface area contributed by atoms with Gasteiger partial charge >= 0.3 is 0 Å². The lowest BCUT2D eigenvalue weighted by Gasteiger charge is -2.25. The molecule has 0 aliphatic heterocycles. The van der Waals surface area contributed by atoms with E-state index in [1.54, 1.807) is 0 Å². The van der Waals surface area contributed by atoms with Gasteiger partial charge in [0.15, 0.2) is 0 Å². The Labute approximate surface area is 102 Å². The summed E-state index contributed by atoms with van der Waals surface area (Å²) in [6.07, 6.45) is 5.26. The quantitative estimate of drug-likeness (QED) is 0.855. The van der Waals surface area contributed by atoms with E-state index in [9.17, 15) is 0 Å². The minimum absolute atomic E-state index is 0.516. The minimum atomic E-state index is 0.516. The van der Waals surface area contributed by atoms with Crippen LogP contribution in [0.4, 0.5) is 0 Å². The third kappa shape index (κ3) is 2.89. The van der Waals surface area contributed by atoms with Crippen molar-refractivity contribution in [1.82, 2.24) is 0 Å². The molecule has 0 atom stereocenters. The highest BCUT2D eigenvalue weighted by molar-refractivity contribution is 6.32. The van der Waals surface area contributed by atoms with Gasteiger partial charge in [-0.15, -0.1) is 0 Å². The van der Waals surface area contributed by atoms with E-state index in [1.165, 1.54) is 19.3 Å². The molecule has 0 radical (unpaired) electrons. The third-order valence-corrected chi connectivity index (χ3v) is 3.54. The molecule has 1 fully saturated rings. The highest BCUT2D eigenvalue weighted by Gasteiger charge is 2.17. The Hall–Kier alpha value is -0.730.